The molecule has 4 N–H and O–H groups in total. The minimum atomic E-state index is -1.22. The van der Waals surface area contributed by atoms with Gasteiger partial charge in [-0.25, -0.2) is 9.37 Å². The van der Waals surface area contributed by atoms with E-state index in [2.05, 4.69) is 31.2 Å². The van der Waals surface area contributed by atoms with E-state index < -0.39 is 83.4 Å². The number of carbonyl (C=O) groups is 6. The van der Waals surface area contributed by atoms with Gasteiger partial charge in [-0.2, -0.15) is 0 Å². The first-order valence-electron chi connectivity index (χ1n) is 17.8. The van der Waals surface area contributed by atoms with Gasteiger partial charge in [-0.1, -0.05) is 77.8 Å². The predicted molar refractivity (Wildman–Crippen MR) is 186 cm³/mol. The number of halogens is 1. The highest BCUT2D eigenvalue weighted by Crippen LogP contribution is 2.44. The SMILES string of the molecule is CCCCC(NC(=O)[C@@H]1[C@H]2CC[C@H](F)[C@H]2CN1C(=O)C(NC(=O)[C@H](NC(=O)c1cnccn1)C(C)C)C(C)C)C(=O)C(=O)NCc1ccccc1. The van der Waals surface area contributed by atoms with Crippen LogP contribution in [0, 0.1) is 23.7 Å². The number of carbonyl (C=O) groups excluding carboxylic acids is 6. The summed E-state index contributed by atoms with van der Waals surface area (Å²) in [5.41, 5.74) is 0.829. The predicted octanol–water partition coefficient (Wildman–Crippen LogP) is 2.51. The third-order valence-corrected chi connectivity index (χ3v) is 9.75. The van der Waals surface area contributed by atoms with Crippen LogP contribution < -0.4 is 21.3 Å². The van der Waals surface area contributed by atoms with Crippen LogP contribution in [0.25, 0.3) is 0 Å². The van der Waals surface area contributed by atoms with Gasteiger partial charge in [0.2, 0.25) is 23.5 Å². The Labute approximate surface area is 298 Å². The van der Waals surface area contributed by atoms with Crippen molar-refractivity contribution in [3.05, 3.63) is 60.2 Å². The number of alkyl halides is 1. The van der Waals surface area contributed by atoms with E-state index >= 15 is 4.39 Å². The molecule has 0 radical (unpaired) electrons. The van der Waals surface area contributed by atoms with Gasteiger partial charge in [-0.15, -0.1) is 0 Å². The molecule has 2 unspecified atom stereocenters. The number of hydrogen-bond donors (Lipinski definition) is 4. The molecule has 1 aromatic heterocycles. The third-order valence-electron chi connectivity index (χ3n) is 9.75. The number of benzene rings is 1. The van der Waals surface area contributed by atoms with Crippen molar-refractivity contribution in [1.29, 1.82) is 0 Å². The summed E-state index contributed by atoms with van der Waals surface area (Å²) in [4.78, 5) is 90.4. The number of ketones is 1. The lowest BCUT2D eigenvalue weighted by atomic mass is 9.92. The summed E-state index contributed by atoms with van der Waals surface area (Å²) in [6.45, 7) is 8.99. The molecule has 51 heavy (non-hydrogen) atoms. The molecular weight excluding hydrogens is 657 g/mol. The first kappa shape index (κ1) is 39.0. The fraction of sp³-hybridized carbons (Fsp3) is 0.568. The number of likely N-dealkylation sites (tertiary alicyclic amines) is 1. The highest BCUT2D eigenvalue weighted by atomic mass is 19.1. The van der Waals surface area contributed by atoms with Crippen LogP contribution in [0.2, 0.25) is 0 Å². The molecule has 13 nitrogen and oxygen atoms in total. The maximum absolute atomic E-state index is 15.2. The van der Waals surface area contributed by atoms with Crippen molar-refractivity contribution >= 4 is 35.3 Å². The van der Waals surface area contributed by atoms with E-state index in [9.17, 15) is 28.8 Å². The Balaban J connectivity index is 1.52. The largest absolute Gasteiger partial charge is 0.345 e. The first-order chi connectivity index (χ1) is 24.3. The Morgan fingerprint density at radius 2 is 1.61 bits per heavy atom. The van der Waals surface area contributed by atoms with Gasteiger partial charge < -0.3 is 26.2 Å². The molecule has 276 valence electrons. The van der Waals surface area contributed by atoms with Crippen LogP contribution >= 0.6 is 0 Å². The summed E-state index contributed by atoms with van der Waals surface area (Å²) in [6, 6.07) is 4.71. The second-order valence-corrected chi connectivity index (χ2v) is 14.1. The number of fused-ring (bicyclic) bond motifs is 1. The number of unbranched alkanes of at least 4 members (excludes halogenated alkanes) is 1. The Morgan fingerprint density at radius 3 is 2.24 bits per heavy atom. The lowest BCUT2D eigenvalue weighted by molar-refractivity contribution is -0.145. The van der Waals surface area contributed by atoms with Crippen molar-refractivity contribution in [3.63, 3.8) is 0 Å². The smallest absolute Gasteiger partial charge is 0.289 e. The van der Waals surface area contributed by atoms with Gasteiger partial charge in [0.15, 0.2) is 0 Å². The normalized spacial score (nSPS) is 21.4. The number of hydrogen-bond acceptors (Lipinski definition) is 8. The van der Waals surface area contributed by atoms with Crippen LogP contribution in [0.4, 0.5) is 4.39 Å². The molecule has 2 fully saturated rings. The molecule has 2 aliphatic rings. The zero-order valence-electron chi connectivity index (χ0n) is 29.9. The maximum atomic E-state index is 15.2. The molecule has 1 aliphatic heterocycles. The van der Waals surface area contributed by atoms with Crippen LogP contribution in [0.1, 0.15) is 82.8 Å². The summed E-state index contributed by atoms with van der Waals surface area (Å²) in [5, 5.41) is 10.8. The Hall–Kier alpha value is -4.75. The average Bonchev–Trinajstić information content (AvgIpc) is 3.69. The van der Waals surface area contributed by atoms with Gasteiger partial charge in [0.05, 0.1) is 12.2 Å². The zero-order chi connectivity index (χ0) is 37.2. The van der Waals surface area contributed by atoms with Crippen LogP contribution in [-0.4, -0.2) is 87.1 Å². The first-order valence-corrected chi connectivity index (χ1v) is 17.8. The van der Waals surface area contributed by atoms with Crippen LogP contribution in [-0.2, 0) is 30.5 Å². The fourth-order valence-electron chi connectivity index (χ4n) is 6.88. The molecule has 14 heteroatoms. The standard InChI is InChI=1S/C37H50FN7O6/c1-6-7-13-27(32(46)36(50)41-18-23-11-9-8-10-12-23)42-35(49)31-24-14-15-26(38)25(24)20-45(31)37(51)30(22(4)5)44-34(48)29(21(2)3)43-33(47)28-19-39-16-17-40-28/h8-12,16-17,19,21-22,24-27,29-31H,6-7,13-15,18,20H2,1-5H3,(H,41,50)(H,42,49)(H,43,47)(H,44,48)/t24-,25-,26-,27?,29+,30?,31-/m0/s1. The van der Waals surface area contributed by atoms with Gasteiger partial charge in [0, 0.05) is 31.4 Å². The highest BCUT2D eigenvalue weighted by Gasteiger charge is 2.55. The topological polar surface area (TPSA) is 180 Å². The van der Waals surface area contributed by atoms with Crippen molar-refractivity contribution in [2.24, 2.45) is 23.7 Å². The van der Waals surface area contributed by atoms with Crippen molar-refractivity contribution in [3.8, 4) is 0 Å². The summed E-state index contributed by atoms with van der Waals surface area (Å²) in [5.74, 6) is -5.97. The lowest BCUT2D eigenvalue weighted by Gasteiger charge is -2.34. The number of aromatic nitrogens is 2. The van der Waals surface area contributed by atoms with E-state index in [-0.39, 0.29) is 37.5 Å². The van der Waals surface area contributed by atoms with Crippen LogP contribution in [0.5, 0.6) is 0 Å². The van der Waals surface area contributed by atoms with Gasteiger partial charge in [0.1, 0.15) is 30.0 Å². The van der Waals surface area contributed by atoms with Crippen molar-refractivity contribution < 1.29 is 33.2 Å². The van der Waals surface area contributed by atoms with E-state index in [0.29, 0.717) is 19.3 Å². The van der Waals surface area contributed by atoms with E-state index in [1.54, 1.807) is 27.7 Å². The molecule has 2 heterocycles. The molecular formula is C37H50FN7O6. The van der Waals surface area contributed by atoms with E-state index in [4.69, 9.17) is 0 Å². The minimum absolute atomic E-state index is 0.0232. The van der Waals surface area contributed by atoms with Gasteiger partial charge >= 0.3 is 0 Å². The van der Waals surface area contributed by atoms with Gasteiger partial charge in [-0.3, -0.25) is 33.8 Å². The molecule has 2 aromatic rings. The second-order valence-electron chi connectivity index (χ2n) is 14.1. The summed E-state index contributed by atoms with van der Waals surface area (Å²) >= 11 is 0. The monoisotopic (exact) mass is 707 g/mol. The maximum Gasteiger partial charge on any atom is 0.289 e. The summed E-state index contributed by atoms with van der Waals surface area (Å²) < 4.78 is 15.2. The lowest BCUT2D eigenvalue weighted by Crippen LogP contribution is -2.60. The number of nitrogens with zero attached hydrogens (tertiary/aromatic N) is 3. The molecule has 1 saturated heterocycles. The van der Waals surface area contributed by atoms with Crippen LogP contribution in [0.15, 0.2) is 48.9 Å². The number of Topliss-reactive ketones (excluding diaryl/α,β-unsaturated/α-hetero) is 1. The molecule has 4 rings (SSSR count). The van der Waals surface area contributed by atoms with Crippen molar-refractivity contribution in [1.82, 2.24) is 36.1 Å². The van der Waals surface area contributed by atoms with Gasteiger partial charge in [-0.05, 0) is 42.6 Å². The molecule has 5 amide bonds. The van der Waals surface area contributed by atoms with Crippen molar-refractivity contribution in [2.75, 3.05) is 6.54 Å². The average molecular weight is 708 g/mol. The summed E-state index contributed by atoms with van der Waals surface area (Å²) in [6.07, 6.45) is 4.90. The molecule has 0 spiro atoms. The van der Waals surface area contributed by atoms with E-state index in [1.165, 1.54) is 23.5 Å². The Kier molecular flexibility index (Phi) is 13.7. The quantitative estimate of drug-likeness (QED) is 0.192. The number of rotatable bonds is 16. The molecule has 0 bridgehead atoms. The van der Waals surface area contributed by atoms with E-state index in [0.717, 1.165) is 5.56 Å². The second kappa shape index (κ2) is 18.0. The summed E-state index contributed by atoms with van der Waals surface area (Å²) in [7, 11) is 0. The minimum Gasteiger partial charge on any atom is -0.345 e. The zero-order valence-corrected chi connectivity index (χ0v) is 29.9. The number of amides is 5. The number of nitrogens with one attached hydrogen (secondary N) is 4. The Bertz CT molecular complexity index is 1540. The highest BCUT2D eigenvalue weighted by molar-refractivity contribution is 6.38. The molecule has 1 saturated carbocycles. The van der Waals surface area contributed by atoms with Crippen molar-refractivity contribution in [2.45, 2.75) is 104 Å². The molecule has 1 aromatic carbocycles. The van der Waals surface area contributed by atoms with E-state index in [1.807, 2.05) is 37.3 Å². The fourth-order valence-corrected chi connectivity index (χ4v) is 6.88. The third kappa shape index (κ3) is 9.73. The Morgan fingerprint density at radius 1 is 0.902 bits per heavy atom. The molecule has 7 atom stereocenters. The van der Waals surface area contributed by atoms with Crippen LogP contribution in [0.3, 0.4) is 0 Å². The van der Waals surface area contributed by atoms with Gasteiger partial charge in [0.25, 0.3) is 11.8 Å². The molecule has 1 aliphatic carbocycles.